The molecule has 1 fully saturated rings. The van der Waals surface area contributed by atoms with E-state index in [1.165, 1.54) is 48.5 Å². The van der Waals surface area contributed by atoms with E-state index in [0.717, 1.165) is 0 Å². The molecule has 2 N–H and O–H groups in total. The van der Waals surface area contributed by atoms with Crippen LogP contribution in [0.15, 0.2) is 60.7 Å². The van der Waals surface area contributed by atoms with Crippen molar-refractivity contribution in [2.45, 2.75) is 16.9 Å². The standard InChI is InChI=1S/C24H16Cl4F2N2O2/c25-18-7-1-12(9-13(18)11-29)20-21(24(20,27)28)23(34)32-16-6-8-19(26)17(10-16)22(33)31-15-4-2-14(30)3-5-15/h1-10,20-21H,11H2,(H,31,33)(H,32,34). The van der Waals surface area contributed by atoms with Gasteiger partial charge in [0.2, 0.25) is 5.91 Å². The zero-order chi connectivity index (χ0) is 24.6. The number of carbonyl (C=O) groups excluding carboxylic acids is 2. The molecule has 2 unspecified atom stereocenters. The van der Waals surface area contributed by atoms with Gasteiger partial charge in [-0.15, -0.1) is 23.2 Å². The minimum Gasteiger partial charge on any atom is -0.326 e. The highest BCUT2D eigenvalue weighted by molar-refractivity contribution is 6.53. The highest BCUT2D eigenvalue weighted by Gasteiger charge is 2.67. The first-order valence-corrected chi connectivity index (χ1v) is 11.5. The number of hydrogen-bond acceptors (Lipinski definition) is 2. The Bertz CT molecular complexity index is 1270. The molecule has 0 bridgehead atoms. The van der Waals surface area contributed by atoms with Gasteiger partial charge in [0.15, 0.2) is 0 Å². The van der Waals surface area contributed by atoms with Gasteiger partial charge in [-0.3, -0.25) is 9.59 Å². The summed E-state index contributed by atoms with van der Waals surface area (Å²) < 4.78 is 24.9. The molecule has 1 aliphatic carbocycles. The zero-order valence-corrected chi connectivity index (χ0v) is 20.2. The molecule has 1 saturated carbocycles. The van der Waals surface area contributed by atoms with Gasteiger partial charge in [0, 0.05) is 27.9 Å². The molecule has 4 nitrogen and oxygen atoms in total. The first kappa shape index (κ1) is 24.7. The average molecular weight is 544 g/mol. The number of alkyl halides is 3. The Balaban J connectivity index is 1.50. The molecule has 4 rings (SSSR count). The van der Waals surface area contributed by atoms with Gasteiger partial charge in [-0.2, -0.15) is 0 Å². The van der Waals surface area contributed by atoms with Crippen molar-refractivity contribution >= 4 is 69.6 Å². The number of amides is 2. The molecular formula is C24H16Cl4F2N2O2. The smallest absolute Gasteiger partial charge is 0.257 e. The van der Waals surface area contributed by atoms with Crippen LogP contribution in [-0.4, -0.2) is 16.1 Å². The normalized spacial score (nSPS) is 18.3. The minimum atomic E-state index is -1.39. The first-order chi connectivity index (χ1) is 16.1. The van der Waals surface area contributed by atoms with Crippen LogP contribution in [0.5, 0.6) is 0 Å². The predicted molar refractivity (Wildman–Crippen MR) is 131 cm³/mol. The highest BCUT2D eigenvalue weighted by Crippen LogP contribution is 2.65. The van der Waals surface area contributed by atoms with Crippen LogP contribution in [0.1, 0.15) is 27.4 Å². The Morgan fingerprint density at radius 3 is 2.21 bits per heavy atom. The number of benzene rings is 3. The number of nitrogens with one attached hydrogen (secondary N) is 2. The Kier molecular flexibility index (Phi) is 7.06. The fraction of sp³-hybridized carbons (Fsp3) is 0.167. The number of halogens is 6. The van der Waals surface area contributed by atoms with Crippen LogP contribution in [0.2, 0.25) is 10.0 Å². The van der Waals surface area contributed by atoms with E-state index in [-0.39, 0.29) is 21.2 Å². The molecule has 3 aromatic carbocycles. The number of hydrogen-bond donors (Lipinski definition) is 2. The van der Waals surface area contributed by atoms with Crippen LogP contribution in [0.3, 0.4) is 0 Å². The molecule has 0 aliphatic heterocycles. The zero-order valence-electron chi connectivity index (χ0n) is 17.2. The Labute approximate surface area is 214 Å². The average Bonchev–Trinajstić information content (AvgIpc) is 3.38. The molecule has 0 saturated heterocycles. The van der Waals surface area contributed by atoms with Crippen LogP contribution in [-0.2, 0) is 11.5 Å². The van der Waals surface area contributed by atoms with Crippen LogP contribution < -0.4 is 10.6 Å². The van der Waals surface area contributed by atoms with E-state index in [2.05, 4.69) is 10.6 Å². The second-order valence-electron chi connectivity index (χ2n) is 7.76. The van der Waals surface area contributed by atoms with Crippen molar-refractivity contribution in [3.63, 3.8) is 0 Å². The van der Waals surface area contributed by atoms with E-state index >= 15 is 0 Å². The third-order valence-corrected chi connectivity index (χ3v) is 7.13. The molecule has 1 aliphatic rings. The SMILES string of the molecule is O=C(Nc1ccc(F)cc1)c1cc(NC(=O)C2C(c3ccc(Cl)c(CF)c3)C2(Cl)Cl)ccc1Cl. The van der Waals surface area contributed by atoms with Gasteiger partial charge in [0.25, 0.3) is 5.91 Å². The summed E-state index contributed by atoms with van der Waals surface area (Å²) in [6.45, 7) is -0.763. The fourth-order valence-electron chi connectivity index (χ4n) is 3.69. The van der Waals surface area contributed by atoms with E-state index in [1.807, 2.05) is 0 Å². The van der Waals surface area contributed by atoms with Gasteiger partial charge in [-0.25, -0.2) is 8.78 Å². The molecule has 0 heterocycles. The molecular weight excluding hydrogens is 528 g/mol. The van der Waals surface area contributed by atoms with Gasteiger partial charge >= 0.3 is 0 Å². The van der Waals surface area contributed by atoms with Crippen molar-refractivity contribution in [3.05, 3.63) is 93.2 Å². The third kappa shape index (κ3) is 5.01. The fourth-order valence-corrected chi connectivity index (χ4v) is 4.89. The van der Waals surface area contributed by atoms with Gasteiger partial charge < -0.3 is 10.6 Å². The summed E-state index contributed by atoms with van der Waals surface area (Å²) in [5, 5.41) is 5.74. The van der Waals surface area contributed by atoms with Crippen LogP contribution in [0.25, 0.3) is 0 Å². The second-order valence-corrected chi connectivity index (χ2v) is 10.0. The summed E-state index contributed by atoms with van der Waals surface area (Å²) in [5.41, 5.74) is 1.65. The molecule has 0 spiro atoms. The van der Waals surface area contributed by atoms with Gasteiger partial charge in [-0.1, -0.05) is 35.3 Å². The number of carbonyl (C=O) groups is 2. The number of rotatable bonds is 6. The van der Waals surface area contributed by atoms with E-state index in [9.17, 15) is 18.4 Å². The maximum Gasteiger partial charge on any atom is 0.257 e. The molecule has 10 heteroatoms. The summed E-state index contributed by atoms with van der Waals surface area (Å²) in [6.07, 6.45) is 0. The van der Waals surface area contributed by atoms with Crippen molar-refractivity contribution in [2.75, 3.05) is 10.6 Å². The molecule has 2 atom stereocenters. The monoisotopic (exact) mass is 542 g/mol. The van der Waals surface area contributed by atoms with Gasteiger partial charge in [0.05, 0.1) is 16.5 Å². The molecule has 34 heavy (non-hydrogen) atoms. The lowest BCUT2D eigenvalue weighted by molar-refractivity contribution is -0.117. The molecule has 3 aromatic rings. The van der Waals surface area contributed by atoms with Crippen LogP contribution in [0, 0.1) is 11.7 Å². The van der Waals surface area contributed by atoms with Crippen molar-refractivity contribution < 1.29 is 18.4 Å². The van der Waals surface area contributed by atoms with E-state index < -0.39 is 40.5 Å². The van der Waals surface area contributed by atoms with Crippen LogP contribution in [0.4, 0.5) is 20.2 Å². The van der Waals surface area contributed by atoms with Crippen molar-refractivity contribution in [1.29, 1.82) is 0 Å². The largest absolute Gasteiger partial charge is 0.326 e. The summed E-state index contributed by atoms with van der Waals surface area (Å²) in [4.78, 5) is 25.6. The molecule has 0 radical (unpaired) electrons. The molecule has 0 aromatic heterocycles. The summed E-state index contributed by atoms with van der Waals surface area (Å²) >= 11 is 24.9. The topological polar surface area (TPSA) is 58.2 Å². The second kappa shape index (κ2) is 9.70. The maximum atomic E-state index is 13.2. The highest BCUT2D eigenvalue weighted by atomic mass is 35.5. The lowest BCUT2D eigenvalue weighted by Gasteiger charge is -2.10. The summed E-state index contributed by atoms with van der Waals surface area (Å²) in [6, 6.07) is 14.4. The van der Waals surface area contributed by atoms with E-state index in [4.69, 9.17) is 46.4 Å². The maximum absolute atomic E-state index is 13.2. The molecule has 176 valence electrons. The van der Waals surface area contributed by atoms with Crippen molar-refractivity contribution in [3.8, 4) is 0 Å². The Hall–Kier alpha value is -2.38. The van der Waals surface area contributed by atoms with Crippen molar-refractivity contribution in [1.82, 2.24) is 0 Å². The summed E-state index contributed by atoms with van der Waals surface area (Å²) in [5.74, 6) is -2.82. The van der Waals surface area contributed by atoms with E-state index in [0.29, 0.717) is 16.9 Å². The van der Waals surface area contributed by atoms with Gasteiger partial charge in [0.1, 0.15) is 16.8 Å². The first-order valence-electron chi connectivity index (χ1n) is 10.0. The lowest BCUT2D eigenvalue weighted by atomic mass is 10.1. The van der Waals surface area contributed by atoms with Crippen LogP contribution >= 0.6 is 46.4 Å². The molecule has 2 amide bonds. The summed E-state index contributed by atoms with van der Waals surface area (Å²) in [7, 11) is 0. The lowest BCUT2D eigenvalue weighted by Crippen LogP contribution is -2.18. The third-order valence-electron chi connectivity index (χ3n) is 5.49. The number of anilines is 2. The Morgan fingerprint density at radius 1 is 0.882 bits per heavy atom. The van der Waals surface area contributed by atoms with Gasteiger partial charge in [-0.05, 0) is 54.1 Å². The van der Waals surface area contributed by atoms with E-state index in [1.54, 1.807) is 12.1 Å². The predicted octanol–water partition coefficient (Wildman–Crippen LogP) is 7.38. The van der Waals surface area contributed by atoms with Crippen molar-refractivity contribution in [2.24, 2.45) is 5.92 Å². The Morgan fingerprint density at radius 2 is 1.53 bits per heavy atom. The minimum absolute atomic E-state index is 0.101. The quantitative estimate of drug-likeness (QED) is 0.319.